The maximum absolute atomic E-state index is 5.53. The number of rotatable bonds is 1. The van der Waals surface area contributed by atoms with E-state index in [2.05, 4.69) is 0 Å². The van der Waals surface area contributed by atoms with Crippen molar-refractivity contribution in [3.05, 3.63) is 30.3 Å². The quantitative estimate of drug-likeness (QED) is 0.584. The number of benzene rings is 2. The molecule has 0 spiro atoms. The van der Waals surface area contributed by atoms with Crippen molar-refractivity contribution in [2.24, 2.45) is 0 Å². The first-order valence-corrected chi connectivity index (χ1v) is 6.15. The molecule has 7 nitrogen and oxygen atoms in total. The second kappa shape index (κ2) is 6.00. The molecule has 0 fully saturated rings. The summed E-state index contributed by atoms with van der Waals surface area (Å²) >= 11 is 0. The van der Waals surface area contributed by atoms with Crippen LogP contribution in [0.3, 0.4) is 0 Å². The fourth-order valence-electron chi connectivity index (χ4n) is 1.65. The lowest BCUT2D eigenvalue weighted by Gasteiger charge is -2.02. The SMILES string of the molecule is COc1ccc(N)c(N)c1.Nc1cc2c(cc1N)OCO2. The van der Waals surface area contributed by atoms with Crippen molar-refractivity contribution in [1.82, 2.24) is 0 Å². The van der Waals surface area contributed by atoms with Gasteiger partial charge in [0, 0.05) is 18.2 Å². The summed E-state index contributed by atoms with van der Waals surface area (Å²) in [6, 6.07) is 8.50. The minimum Gasteiger partial charge on any atom is -0.497 e. The largest absolute Gasteiger partial charge is 0.497 e. The summed E-state index contributed by atoms with van der Waals surface area (Å²) in [6.07, 6.45) is 0. The summed E-state index contributed by atoms with van der Waals surface area (Å²) in [6.45, 7) is 0.248. The standard InChI is InChI=1S/C7H8N2O2.C7H10N2O/c8-4-1-6-7(2-5(4)9)11-3-10-6;1-10-5-2-3-6(8)7(9)4-5/h1-2H,3,8-9H2;2-4H,8-9H2,1H3. The van der Waals surface area contributed by atoms with Crippen LogP contribution in [0.25, 0.3) is 0 Å². The van der Waals surface area contributed by atoms with E-state index in [4.69, 9.17) is 37.1 Å². The van der Waals surface area contributed by atoms with Crippen molar-refractivity contribution in [3.63, 3.8) is 0 Å². The van der Waals surface area contributed by atoms with Gasteiger partial charge in [-0.3, -0.25) is 0 Å². The van der Waals surface area contributed by atoms with Gasteiger partial charge in [-0.1, -0.05) is 0 Å². The third-order valence-electron chi connectivity index (χ3n) is 2.87. The summed E-state index contributed by atoms with van der Waals surface area (Å²) in [5.41, 5.74) is 24.2. The van der Waals surface area contributed by atoms with Crippen molar-refractivity contribution in [2.75, 3.05) is 36.8 Å². The zero-order valence-electron chi connectivity index (χ0n) is 11.6. The number of anilines is 4. The van der Waals surface area contributed by atoms with Gasteiger partial charge in [-0.25, -0.2) is 0 Å². The first-order chi connectivity index (χ1) is 10.0. The Kier molecular flexibility index (Phi) is 4.13. The lowest BCUT2D eigenvalue weighted by Crippen LogP contribution is -1.94. The monoisotopic (exact) mass is 290 g/mol. The zero-order valence-corrected chi connectivity index (χ0v) is 11.6. The van der Waals surface area contributed by atoms with Crippen molar-refractivity contribution in [1.29, 1.82) is 0 Å². The predicted octanol–water partition coefficient (Wildman–Crippen LogP) is 1.44. The molecule has 1 aliphatic rings. The fourth-order valence-corrected chi connectivity index (χ4v) is 1.65. The van der Waals surface area contributed by atoms with Crippen LogP contribution in [0.15, 0.2) is 30.3 Å². The molecular formula is C14H18N4O3. The van der Waals surface area contributed by atoms with E-state index in [1.165, 1.54) is 0 Å². The molecule has 0 saturated heterocycles. The first kappa shape index (κ1) is 14.4. The van der Waals surface area contributed by atoms with E-state index in [0.29, 0.717) is 34.2 Å². The minimum atomic E-state index is 0.248. The molecule has 2 aromatic carbocycles. The zero-order chi connectivity index (χ0) is 15.4. The molecule has 0 saturated carbocycles. The van der Waals surface area contributed by atoms with Crippen LogP contribution in [-0.2, 0) is 0 Å². The molecule has 0 radical (unpaired) electrons. The molecule has 112 valence electrons. The Hall–Kier alpha value is -2.96. The lowest BCUT2D eigenvalue weighted by molar-refractivity contribution is 0.174. The second-order valence-corrected chi connectivity index (χ2v) is 4.33. The predicted molar refractivity (Wildman–Crippen MR) is 83.2 cm³/mol. The molecule has 3 rings (SSSR count). The Morgan fingerprint density at radius 3 is 1.81 bits per heavy atom. The Labute approximate surface area is 122 Å². The van der Waals surface area contributed by atoms with Gasteiger partial charge in [0.15, 0.2) is 11.5 Å². The van der Waals surface area contributed by atoms with Crippen LogP contribution < -0.4 is 37.1 Å². The summed E-state index contributed by atoms with van der Waals surface area (Å²) < 4.78 is 15.1. The molecule has 21 heavy (non-hydrogen) atoms. The van der Waals surface area contributed by atoms with Gasteiger partial charge in [-0.2, -0.15) is 0 Å². The van der Waals surface area contributed by atoms with Crippen LogP contribution in [0.5, 0.6) is 17.2 Å². The molecule has 0 aromatic heterocycles. The van der Waals surface area contributed by atoms with E-state index in [-0.39, 0.29) is 6.79 Å². The number of fused-ring (bicyclic) bond motifs is 1. The van der Waals surface area contributed by atoms with Crippen LogP contribution >= 0.6 is 0 Å². The second-order valence-electron chi connectivity index (χ2n) is 4.33. The van der Waals surface area contributed by atoms with Crippen molar-refractivity contribution in [3.8, 4) is 17.2 Å². The van der Waals surface area contributed by atoms with Crippen molar-refractivity contribution >= 4 is 22.7 Å². The average Bonchev–Trinajstić information content (AvgIpc) is 2.90. The Morgan fingerprint density at radius 2 is 1.33 bits per heavy atom. The third kappa shape index (κ3) is 3.33. The number of ether oxygens (including phenoxy) is 3. The van der Waals surface area contributed by atoms with Gasteiger partial charge in [0.1, 0.15) is 5.75 Å². The van der Waals surface area contributed by atoms with Gasteiger partial charge in [-0.05, 0) is 12.1 Å². The molecule has 2 aromatic rings. The van der Waals surface area contributed by atoms with Gasteiger partial charge >= 0.3 is 0 Å². The third-order valence-corrected chi connectivity index (χ3v) is 2.87. The van der Waals surface area contributed by atoms with Crippen LogP contribution in [0, 0.1) is 0 Å². The lowest BCUT2D eigenvalue weighted by atomic mass is 10.2. The van der Waals surface area contributed by atoms with Crippen molar-refractivity contribution < 1.29 is 14.2 Å². The average molecular weight is 290 g/mol. The summed E-state index contributed by atoms with van der Waals surface area (Å²) in [4.78, 5) is 0. The summed E-state index contributed by atoms with van der Waals surface area (Å²) in [7, 11) is 1.59. The van der Waals surface area contributed by atoms with E-state index in [0.717, 1.165) is 5.75 Å². The molecule has 0 bridgehead atoms. The highest BCUT2D eigenvalue weighted by Gasteiger charge is 2.14. The molecule has 1 heterocycles. The highest BCUT2D eigenvalue weighted by molar-refractivity contribution is 5.70. The Morgan fingerprint density at radius 1 is 0.810 bits per heavy atom. The van der Waals surface area contributed by atoms with Crippen LogP contribution in [0.2, 0.25) is 0 Å². The molecule has 1 aliphatic heterocycles. The summed E-state index contributed by atoms with van der Waals surface area (Å²) in [5, 5.41) is 0. The number of nitrogens with two attached hydrogens (primary N) is 4. The molecule has 0 atom stereocenters. The van der Waals surface area contributed by atoms with Gasteiger partial charge in [0.25, 0.3) is 0 Å². The van der Waals surface area contributed by atoms with Gasteiger partial charge in [0.05, 0.1) is 29.9 Å². The van der Waals surface area contributed by atoms with E-state index >= 15 is 0 Å². The maximum atomic E-state index is 5.53. The molecule has 0 amide bonds. The molecule has 7 heteroatoms. The van der Waals surface area contributed by atoms with E-state index in [1.807, 2.05) is 0 Å². The summed E-state index contributed by atoms with van der Waals surface area (Å²) in [5.74, 6) is 2.06. The molecule has 8 N–H and O–H groups in total. The molecule has 0 unspecified atom stereocenters. The Balaban J connectivity index is 0.000000155. The Bertz CT molecular complexity index is 617. The van der Waals surface area contributed by atoms with E-state index in [9.17, 15) is 0 Å². The van der Waals surface area contributed by atoms with Crippen LogP contribution in [0.4, 0.5) is 22.7 Å². The van der Waals surface area contributed by atoms with Crippen LogP contribution in [-0.4, -0.2) is 13.9 Å². The minimum absolute atomic E-state index is 0.248. The number of hydrogen-bond acceptors (Lipinski definition) is 7. The highest BCUT2D eigenvalue weighted by Crippen LogP contribution is 2.36. The fraction of sp³-hybridized carbons (Fsp3) is 0.143. The highest BCUT2D eigenvalue weighted by atomic mass is 16.7. The van der Waals surface area contributed by atoms with Gasteiger partial charge in [-0.15, -0.1) is 0 Å². The molecule has 0 aliphatic carbocycles. The normalized spacial score (nSPS) is 11.5. The van der Waals surface area contributed by atoms with Gasteiger partial charge < -0.3 is 37.1 Å². The van der Waals surface area contributed by atoms with E-state index < -0.39 is 0 Å². The van der Waals surface area contributed by atoms with E-state index in [1.54, 1.807) is 37.4 Å². The number of methoxy groups -OCH3 is 1. The first-order valence-electron chi connectivity index (χ1n) is 6.15. The number of nitrogen functional groups attached to an aromatic ring is 4. The smallest absolute Gasteiger partial charge is 0.231 e. The van der Waals surface area contributed by atoms with Crippen molar-refractivity contribution in [2.45, 2.75) is 0 Å². The van der Waals surface area contributed by atoms with Crippen LogP contribution in [0.1, 0.15) is 0 Å². The van der Waals surface area contributed by atoms with Gasteiger partial charge in [0.2, 0.25) is 6.79 Å². The topological polar surface area (TPSA) is 132 Å². The maximum Gasteiger partial charge on any atom is 0.231 e. The number of hydrogen-bond donors (Lipinski definition) is 4. The molecular weight excluding hydrogens is 272 g/mol.